The van der Waals surface area contributed by atoms with Gasteiger partial charge in [-0.25, -0.2) is 0 Å². The second kappa shape index (κ2) is 7.78. The highest BCUT2D eigenvalue weighted by molar-refractivity contribution is 5.85. The molecule has 0 aromatic carbocycles. The lowest BCUT2D eigenvalue weighted by Gasteiger charge is -2.26. The summed E-state index contributed by atoms with van der Waals surface area (Å²) in [7, 11) is 0. The average Bonchev–Trinajstić information content (AvgIpc) is 2.97. The molecule has 1 saturated heterocycles. The van der Waals surface area contributed by atoms with Crippen LogP contribution in [0.15, 0.2) is 0 Å². The Balaban J connectivity index is 1.83. The summed E-state index contributed by atoms with van der Waals surface area (Å²) in [4.78, 5) is 25.3. The van der Waals surface area contributed by atoms with Gasteiger partial charge in [-0.05, 0) is 25.7 Å². The molecule has 2 amide bonds. The van der Waals surface area contributed by atoms with E-state index in [0.29, 0.717) is 25.4 Å². The number of nitriles is 1. The Morgan fingerprint density at radius 2 is 2.13 bits per heavy atom. The Labute approximate surface area is 138 Å². The fraction of sp³-hybridized carbons (Fsp3) is 0.765. The van der Waals surface area contributed by atoms with Crippen LogP contribution in [0.4, 0.5) is 0 Å². The fourth-order valence-corrected chi connectivity index (χ4v) is 3.55. The predicted octanol–water partition coefficient (Wildman–Crippen LogP) is 1.12. The van der Waals surface area contributed by atoms with Crippen molar-refractivity contribution in [3.05, 3.63) is 6.42 Å². The van der Waals surface area contributed by atoms with Crippen molar-refractivity contribution in [2.24, 2.45) is 11.7 Å². The van der Waals surface area contributed by atoms with E-state index in [0.717, 1.165) is 6.42 Å². The molecule has 6 nitrogen and oxygen atoms in total. The molecule has 2 rings (SSSR count). The van der Waals surface area contributed by atoms with Crippen molar-refractivity contribution >= 4 is 11.8 Å². The summed E-state index contributed by atoms with van der Waals surface area (Å²) in [6.45, 7) is 2.66. The zero-order valence-corrected chi connectivity index (χ0v) is 13.9. The number of rotatable bonds is 6. The molecule has 2 fully saturated rings. The van der Waals surface area contributed by atoms with Crippen LogP contribution in [-0.2, 0) is 9.59 Å². The maximum absolute atomic E-state index is 12.2. The number of nitrogens with zero attached hydrogens (tertiary/aromatic N) is 2. The first-order valence-electron chi connectivity index (χ1n) is 8.56. The SMILES string of the molecule is CC(C(N)=O)N1CCC(C#N)(NC(=O)[CH]CC2CCCCC2)C1. The Bertz CT molecular complexity index is 481. The number of hydrogen-bond donors (Lipinski definition) is 2. The van der Waals surface area contributed by atoms with Gasteiger partial charge in [0.25, 0.3) is 0 Å². The summed E-state index contributed by atoms with van der Waals surface area (Å²) in [6, 6.07) is 1.80. The lowest BCUT2D eigenvalue weighted by molar-refractivity contribution is -0.122. The number of amides is 2. The van der Waals surface area contributed by atoms with Crippen LogP contribution < -0.4 is 11.1 Å². The number of likely N-dealkylation sites (tertiary alicyclic amines) is 1. The molecule has 1 aliphatic heterocycles. The van der Waals surface area contributed by atoms with Crippen molar-refractivity contribution in [1.82, 2.24) is 10.2 Å². The number of carbonyl (C=O) groups excluding carboxylic acids is 2. The van der Waals surface area contributed by atoms with Crippen LogP contribution in [0.25, 0.3) is 0 Å². The summed E-state index contributed by atoms with van der Waals surface area (Å²) in [6.07, 6.45) is 9.18. The molecule has 1 saturated carbocycles. The highest BCUT2D eigenvalue weighted by Gasteiger charge is 2.42. The van der Waals surface area contributed by atoms with Crippen LogP contribution in [0.1, 0.15) is 51.9 Å². The van der Waals surface area contributed by atoms with E-state index < -0.39 is 17.5 Å². The van der Waals surface area contributed by atoms with E-state index in [1.165, 1.54) is 32.1 Å². The molecule has 2 unspecified atom stereocenters. The lowest BCUT2D eigenvalue weighted by atomic mass is 9.86. The average molecular weight is 319 g/mol. The lowest BCUT2D eigenvalue weighted by Crippen LogP contribution is -2.51. The summed E-state index contributed by atoms with van der Waals surface area (Å²) < 4.78 is 0. The molecule has 1 aliphatic carbocycles. The highest BCUT2D eigenvalue weighted by atomic mass is 16.2. The van der Waals surface area contributed by atoms with Gasteiger partial charge in [0.2, 0.25) is 11.8 Å². The zero-order chi connectivity index (χ0) is 16.9. The molecular weight excluding hydrogens is 292 g/mol. The topological polar surface area (TPSA) is 99.2 Å². The van der Waals surface area contributed by atoms with Gasteiger partial charge in [-0.2, -0.15) is 5.26 Å². The fourth-order valence-electron chi connectivity index (χ4n) is 3.55. The van der Waals surface area contributed by atoms with Crippen molar-refractivity contribution in [2.45, 2.75) is 63.5 Å². The molecule has 0 aromatic heterocycles. The van der Waals surface area contributed by atoms with Gasteiger partial charge in [0, 0.05) is 19.5 Å². The summed E-state index contributed by atoms with van der Waals surface area (Å²) >= 11 is 0. The second-order valence-corrected chi connectivity index (χ2v) is 6.93. The Morgan fingerprint density at radius 1 is 1.43 bits per heavy atom. The van der Waals surface area contributed by atoms with E-state index in [2.05, 4.69) is 11.4 Å². The van der Waals surface area contributed by atoms with Gasteiger partial charge in [-0.15, -0.1) is 0 Å². The van der Waals surface area contributed by atoms with Gasteiger partial charge < -0.3 is 11.1 Å². The summed E-state index contributed by atoms with van der Waals surface area (Å²) in [5, 5.41) is 12.4. The van der Waals surface area contributed by atoms with Crippen molar-refractivity contribution in [1.29, 1.82) is 5.26 Å². The van der Waals surface area contributed by atoms with Gasteiger partial charge in [-0.1, -0.05) is 32.1 Å². The molecule has 3 N–H and O–H groups in total. The van der Waals surface area contributed by atoms with Gasteiger partial charge in [0.05, 0.1) is 12.1 Å². The van der Waals surface area contributed by atoms with Crippen molar-refractivity contribution < 1.29 is 9.59 Å². The van der Waals surface area contributed by atoms with E-state index in [1.807, 2.05) is 4.90 Å². The van der Waals surface area contributed by atoms with Crippen LogP contribution in [-0.4, -0.2) is 41.4 Å². The van der Waals surface area contributed by atoms with Crippen LogP contribution in [0.5, 0.6) is 0 Å². The molecule has 127 valence electrons. The van der Waals surface area contributed by atoms with Gasteiger partial charge in [0.15, 0.2) is 0 Å². The molecule has 0 bridgehead atoms. The molecule has 0 aromatic rings. The number of nitrogens with one attached hydrogen (secondary N) is 1. The maximum atomic E-state index is 12.2. The normalized spacial score (nSPS) is 27.3. The number of carbonyl (C=O) groups is 2. The van der Waals surface area contributed by atoms with E-state index in [9.17, 15) is 14.9 Å². The molecule has 1 radical (unpaired) electrons. The van der Waals surface area contributed by atoms with Gasteiger partial charge in [0.1, 0.15) is 5.54 Å². The summed E-state index contributed by atoms with van der Waals surface area (Å²) in [5.74, 6) is 0.0159. The molecular formula is C17H27N4O2. The molecule has 23 heavy (non-hydrogen) atoms. The Hall–Kier alpha value is -1.61. The Morgan fingerprint density at radius 3 is 2.74 bits per heavy atom. The molecule has 2 aliphatic rings. The van der Waals surface area contributed by atoms with E-state index in [4.69, 9.17) is 5.73 Å². The monoisotopic (exact) mass is 319 g/mol. The number of hydrogen-bond acceptors (Lipinski definition) is 4. The van der Waals surface area contributed by atoms with Crippen LogP contribution in [0.2, 0.25) is 0 Å². The van der Waals surface area contributed by atoms with E-state index in [-0.39, 0.29) is 5.91 Å². The highest BCUT2D eigenvalue weighted by Crippen LogP contribution is 2.27. The molecule has 6 heteroatoms. The Kier molecular flexibility index (Phi) is 6.00. The third kappa shape index (κ3) is 4.68. The second-order valence-electron chi connectivity index (χ2n) is 6.93. The minimum atomic E-state index is -0.913. The maximum Gasteiger partial charge on any atom is 0.234 e. The van der Waals surface area contributed by atoms with Gasteiger partial charge >= 0.3 is 0 Å². The first-order chi connectivity index (χ1) is 11.0. The molecule has 1 heterocycles. The molecule has 0 spiro atoms. The van der Waals surface area contributed by atoms with Crippen molar-refractivity contribution in [3.8, 4) is 6.07 Å². The third-order valence-corrected chi connectivity index (χ3v) is 5.20. The minimum Gasteiger partial charge on any atom is -0.368 e. The predicted molar refractivity (Wildman–Crippen MR) is 86.8 cm³/mol. The third-order valence-electron chi connectivity index (χ3n) is 5.20. The molecule has 2 atom stereocenters. The van der Waals surface area contributed by atoms with Gasteiger partial charge in [-0.3, -0.25) is 14.5 Å². The number of nitrogens with two attached hydrogens (primary N) is 1. The van der Waals surface area contributed by atoms with Crippen LogP contribution in [0, 0.1) is 23.7 Å². The first-order valence-corrected chi connectivity index (χ1v) is 8.56. The standard InChI is InChI=1S/C17H27N4O2/c1-13(16(19)23)21-10-9-17(11-18,12-21)20-15(22)8-7-14-5-3-2-4-6-14/h8,13-14H,2-7,9-10,12H2,1H3,(H2,19,23)(H,20,22). The summed E-state index contributed by atoms with van der Waals surface area (Å²) in [5.41, 5.74) is 4.41. The van der Waals surface area contributed by atoms with Crippen LogP contribution >= 0.6 is 0 Å². The first kappa shape index (κ1) is 17.7. The van der Waals surface area contributed by atoms with E-state index in [1.54, 1.807) is 13.3 Å². The largest absolute Gasteiger partial charge is 0.368 e. The van der Waals surface area contributed by atoms with Crippen molar-refractivity contribution in [3.63, 3.8) is 0 Å². The zero-order valence-electron chi connectivity index (χ0n) is 13.9. The minimum absolute atomic E-state index is 0.175. The van der Waals surface area contributed by atoms with Crippen LogP contribution in [0.3, 0.4) is 0 Å². The van der Waals surface area contributed by atoms with Crippen molar-refractivity contribution in [2.75, 3.05) is 13.1 Å². The quantitative estimate of drug-likeness (QED) is 0.766. The smallest absolute Gasteiger partial charge is 0.234 e. The number of primary amides is 1. The van der Waals surface area contributed by atoms with E-state index >= 15 is 0 Å².